The summed E-state index contributed by atoms with van der Waals surface area (Å²) < 4.78 is 7.14. The molecule has 0 fully saturated rings. The summed E-state index contributed by atoms with van der Waals surface area (Å²) >= 11 is 3.53. The first kappa shape index (κ1) is 16.5. The van der Waals surface area contributed by atoms with Crippen LogP contribution in [-0.4, -0.2) is 12.6 Å². The minimum absolute atomic E-state index is 0.273. The molecule has 0 aliphatic rings. The van der Waals surface area contributed by atoms with Crippen molar-refractivity contribution in [2.45, 2.75) is 53.2 Å². The van der Waals surface area contributed by atoms with E-state index in [4.69, 9.17) is 4.74 Å². The maximum absolute atomic E-state index is 6.04. The fraction of sp³-hybridized carbons (Fsp3) is 0.625. The Hall–Kier alpha value is -0.540. The van der Waals surface area contributed by atoms with E-state index in [0.29, 0.717) is 5.92 Å². The summed E-state index contributed by atoms with van der Waals surface area (Å²) in [6, 6.07) is 6.24. The summed E-state index contributed by atoms with van der Waals surface area (Å²) in [7, 11) is 0. The third kappa shape index (κ3) is 6.44. The highest BCUT2D eigenvalue weighted by molar-refractivity contribution is 9.10. The van der Waals surface area contributed by atoms with Gasteiger partial charge in [0.2, 0.25) is 0 Å². The minimum Gasteiger partial charge on any atom is -0.490 e. The monoisotopic (exact) mass is 327 g/mol. The molecule has 0 saturated carbocycles. The van der Waals surface area contributed by atoms with Gasteiger partial charge in [0.1, 0.15) is 5.75 Å². The van der Waals surface area contributed by atoms with Crippen LogP contribution < -0.4 is 10.1 Å². The quantitative estimate of drug-likeness (QED) is 0.743. The van der Waals surface area contributed by atoms with Crippen LogP contribution in [0.3, 0.4) is 0 Å². The molecule has 0 aliphatic carbocycles. The Kier molecular flexibility index (Phi) is 7.47. The predicted molar refractivity (Wildman–Crippen MR) is 85.7 cm³/mol. The van der Waals surface area contributed by atoms with Crippen molar-refractivity contribution in [3.63, 3.8) is 0 Å². The molecule has 0 heterocycles. The molecule has 1 rings (SSSR count). The molecule has 0 aromatic heterocycles. The van der Waals surface area contributed by atoms with E-state index in [9.17, 15) is 0 Å². The average molecular weight is 328 g/mol. The summed E-state index contributed by atoms with van der Waals surface area (Å²) in [5.41, 5.74) is 1.22. The number of benzene rings is 1. The molecule has 19 heavy (non-hydrogen) atoms. The molecule has 0 aliphatic heterocycles. The van der Waals surface area contributed by atoms with Crippen LogP contribution in [-0.2, 0) is 6.54 Å². The van der Waals surface area contributed by atoms with Crippen LogP contribution in [0.25, 0.3) is 0 Å². The summed E-state index contributed by atoms with van der Waals surface area (Å²) in [4.78, 5) is 0. The second-order valence-corrected chi connectivity index (χ2v) is 6.41. The molecule has 1 aromatic carbocycles. The van der Waals surface area contributed by atoms with Crippen molar-refractivity contribution >= 4 is 15.9 Å². The van der Waals surface area contributed by atoms with Crippen LogP contribution in [0.4, 0.5) is 0 Å². The van der Waals surface area contributed by atoms with Crippen molar-refractivity contribution in [2.75, 3.05) is 6.54 Å². The normalized spacial score (nSPS) is 12.7. The molecule has 1 aromatic rings. The van der Waals surface area contributed by atoms with Crippen LogP contribution in [0, 0.1) is 5.92 Å². The lowest BCUT2D eigenvalue weighted by Gasteiger charge is -2.18. The van der Waals surface area contributed by atoms with Crippen molar-refractivity contribution in [1.82, 2.24) is 5.32 Å². The van der Waals surface area contributed by atoms with Crippen molar-refractivity contribution < 1.29 is 4.74 Å². The van der Waals surface area contributed by atoms with E-state index in [1.165, 1.54) is 5.56 Å². The maximum Gasteiger partial charge on any atom is 0.124 e. The van der Waals surface area contributed by atoms with E-state index in [1.807, 2.05) is 6.07 Å². The number of rotatable bonds is 8. The van der Waals surface area contributed by atoms with Crippen molar-refractivity contribution in [1.29, 1.82) is 0 Å². The molecule has 0 radical (unpaired) electrons. The van der Waals surface area contributed by atoms with E-state index in [0.717, 1.165) is 36.2 Å². The molecule has 0 saturated heterocycles. The Bertz CT molecular complexity index is 379. The highest BCUT2D eigenvalue weighted by Gasteiger charge is 2.08. The highest BCUT2D eigenvalue weighted by atomic mass is 79.9. The first-order valence-corrected chi connectivity index (χ1v) is 7.98. The lowest BCUT2D eigenvalue weighted by molar-refractivity contribution is 0.207. The topological polar surface area (TPSA) is 21.3 Å². The molecule has 1 atom stereocenters. The van der Waals surface area contributed by atoms with Gasteiger partial charge in [-0.25, -0.2) is 0 Å². The second kappa shape index (κ2) is 8.60. The summed E-state index contributed by atoms with van der Waals surface area (Å²) in [5, 5.41) is 3.47. The van der Waals surface area contributed by atoms with Crippen LogP contribution >= 0.6 is 15.9 Å². The fourth-order valence-electron chi connectivity index (χ4n) is 1.98. The van der Waals surface area contributed by atoms with Gasteiger partial charge in [-0.1, -0.05) is 43.1 Å². The zero-order valence-electron chi connectivity index (χ0n) is 12.5. The number of hydrogen-bond donors (Lipinski definition) is 1. The average Bonchev–Trinajstić information content (AvgIpc) is 2.32. The molecule has 1 N–H and O–H groups in total. The molecule has 108 valence electrons. The second-order valence-electron chi connectivity index (χ2n) is 5.49. The van der Waals surface area contributed by atoms with E-state index >= 15 is 0 Å². The number of halogens is 1. The zero-order valence-corrected chi connectivity index (χ0v) is 14.1. The molecule has 0 spiro atoms. The van der Waals surface area contributed by atoms with E-state index < -0.39 is 0 Å². The summed E-state index contributed by atoms with van der Waals surface area (Å²) in [6.07, 6.45) is 2.52. The largest absolute Gasteiger partial charge is 0.490 e. The van der Waals surface area contributed by atoms with Crippen molar-refractivity contribution in [3.05, 3.63) is 28.2 Å². The fourth-order valence-corrected chi connectivity index (χ4v) is 2.39. The SMILES string of the molecule is CCCC(C)Oc1ccc(Br)cc1CNCC(C)C. The predicted octanol–water partition coefficient (Wildman–Crippen LogP) is 4.76. The number of hydrogen-bond acceptors (Lipinski definition) is 2. The molecule has 2 nitrogen and oxygen atoms in total. The first-order valence-electron chi connectivity index (χ1n) is 7.18. The van der Waals surface area contributed by atoms with E-state index in [1.54, 1.807) is 0 Å². The molecule has 3 heteroatoms. The van der Waals surface area contributed by atoms with E-state index in [2.05, 4.69) is 61.1 Å². The first-order chi connectivity index (χ1) is 9.02. The molecular weight excluding hydrogens is 302 g/mol. The van der Waals surface area contributed by atoms with Gasteiger partial charge in [-0.2, -0.15) is 0 Å². The van der Waals surface area contributed by atoms with Gasteiger partial charge in [0, 0.05) is 16.6 Å². The Balaban J connectivity index is 2.68. The van der Waals surface area contributed by atoms with Crippen molar-refractivity contribution in [3.8, 4) is 5.75 Å². The van der Waals surface area contributed by atoms with Gasteiger partial charge in [0.15, 0.2) is 0 Å². The van der Waals surface area contributed by atoms with Gasteiger partial charge in [-0.3, -0.25) is 0 Å². The van der Waals surface area contributed by atoms with Crippen LogP contribution in [0.5, 0.6) is 5.75 Å². The van der Waals surface area contributed by atoms with Gasteiger partial charge in [-0.05, 0) is 44.0 Å². The van der Waals surface area contributed by atoms with Gasteiger partial charge in [-0.15, -0.1) is 0 Å². The van der Waals surface area contributed by atoms with E-state index in [-0.39, 0.29) is 6.10 Å². The van der Waals surface area contributed by atoms with Gasteiger partial charge in [0.25, 0.3) is 0 Å². The Labute approximate surface area is 126 Å². The summed E-state index contributed by atoms with van der Waals surface area (Å²) in [5.74, 6) is 1.66. The highest BCUT2D eigenvalue weighted by Crippen LogP contribution is 2.25. The van der Waals surface area contributed by atoms with Crippen LogP contribution in [0.1, 0.15) is 46.1 Å². The number of ether oxygens (including phenoxy) is 1. The maximum atomic E-state index is 6.04. The molecule has 1 unspecified atom stereocenters. The number of nitrogens with one attached hydrogen (secondary N) is 1. The van der Waals surface area contributed by atoms with Crippen LogP contribution in [0.15, 0.2) is 22.7 Å². The Morgan fingerprint density at radius 3 is 2.63 bits per heavy atom. The molecule has 0 bridgehead atoms. The van der Waals surface area contributed by atoms with Gasteiger partial charge >= 0.3 is 0 Å². The lowest BCUT2D eigenvalue weighted by Crippen LogP contribution is -2.20. The smallest absolute Gasteiger partial charge is 0.124 e. The zero-order chi connectivity index (χ0) is 14.3. The van der Waals surface area contributed by atoms with Crippen molar-refractivity contribution in [2.24, 2.45) is 5.92 Å². The standard InChI is InChI=1S/C16H26BrNO/c1-5-6-13(4)19-16-8-7-15(17)9-14(16)11-18-10-12(2)3/h7-9,12-13,18H,5-6,10-11H2,1-4H3. The Morgan fingerprint density at radius 2 is 2.00 bits per heavy atom. The van der Waals surface area contributed by atoms with Gasteiger partial charge < -0.3 is 10.1 Å². The molecule has 0 amide bonds. The summed E-state index contributed by atoms with van der Waals surface area (Å²) in [6.45, 7) is 10.6. The lowest BCUT2D eigenvalue weighted by atomic mass is 10.1. The minimum atomic E-state index is 0.273. The third-order valence-electron chi connectivity index (χ3n) is 2.91. The Morgan fingerprint density at radius 1 is 1.26 bits per heavy atom. The molecular formula is C16H26BrNO. The third-order valence-corrected chi connectivity index (χ3v) is 3.41. The van der Waals surface area contributed by atoms with Gasteiger partial charge in [0.05, 0.1) is 6.10 Å². The van der Waals surface area contributed by atoms with Crippen LogP contribution in [0.2, 0.25) is 0 Å².